The standard InChI is InChI=1S/C22H34N6O.HI/c1-17-14-18(2)28(26-17)20-9-7-6-8-19(20)15-24-21(23-5)25-16-22(3,4)27-10-12-29-13-11-27;/h6-9,14H,10-13,15-16H2,1-5H3,(H2,23,24,25);1H. The van der Waals surface area contributed by atoms with E-state index >= 15 is 0 Å². The molecule has 1 fully saturated rings. The number of nitrogens with zero attached hydrogens (tertiary/aromatic N) is 4. The molecule has 1 aromatic carbocycles. The van der Waals surface area contributed by atoms with Crippen molar-refractivity contribution >= 4 is 29.9 Å². The zero-order valence-electron chi connectivity index (χ0n) is 18.7. The van der Waals surface area contributed by atoms with Crippen LogP contribution in [0.5, 0.6) is 0 Å². The summed E-state index contributed by atoms with van der Waals surface area (Å²) in [6.07, 6.45) is 0. The van der Waals surface area contributed by atoms with Crippen LogP contribution in [0.15, 0.2) is 35.3 Å². The van der Waals surface area contributed by atoms with Crippen LogP contribution < -0.4 is 10.6 Å². The van der Waals surface area contributed by atoms with Crippen molar-refractivity contribution < 1.29 is 4.74 Å². The molecule has 2 aromatic rings. The number of halogens is 1. The van der Waals surface area contributed by atoms with Gasteiger partial charge in [-0.3, -0.25) is 9.89 Å². The summed E-state index contributed by atoms with van der Waals surface area (Å²) in [7, 11) is 1.81. The monoisotopic (exact) mass is 526 g/mol. The highest BCUT2D eigenvalue weighted by Gasteiger charge is 2.28. The number of hydrogen-bond donors (Lipinski definition) is 2. The Kier molecular flexibility index (Phi) is 9.11. The predicted octanol–water partition coefficient (Wildman–Crippen LogP) is 2.88. The Morgan fingerprint density at radius 3 is 2.50 bits per heavy atom. The summed E-state index contributed by atoms with van der Waals surface area (Å²) in [6.45, 7) is 13.7. The highest BCUT2D eigenvalue weighted by molar-refractivity contribution is 14.0. The SMILES string of the molecule is CN=C(NCc1ccccc1-n1nc(C)cc1C)NCC(C)(C)N1CCOCC1.I. The molecule has 7 nitrogen and oxygen atoms in total. The van der Waals surface area contributed by atoms with Crippen LogP contribution in [0.4, 0.5) is 0 Å². The Morgan fingerprint density at radius 2 is 1.87 bits per heavy atom. The Hall–Kier alpha value is -1.65. The van der Waals surface area contributed by atoms with Crippen LogP contribution in [-0.2, 0) is 11.3 Å². The maximum Gasteiger partial charge on any atom is 0.191 e. The molecule has 2 heterocycles. The highest BCUT2D eigenvalue weighted by atomic mass is 127. The van der Waals surface area contributed by atoms with Crippen molar-refractivity contribution in [2.45, 2.75) is 39.8 Å². The molecule has 3 rings (SSSR count). The first-order chi connectivity index (χ1) is 13.9. The van der Waals surface area contributed by atoms with E-state index in [0.29, 0.717) is 6.54 Å². The second-order valence-electron chi connectivity index (χ2n) is 8.16. The second kappa shape index (κ2) is 11.1. The zero-order valence-corrected chi connectivity index (χ0v) is 21.1. The molecule has 0 radical (unpaired) electrons. The van der Waals surface area contributed by atoms with Gasteiger partial charge in [0.2, 0.25) is 0 Å². The summed E-state index contributed by atoms with van der Waals surface area (Å²) in [4.78, 5) is 6.87. The van der Waals surface area contributed by atoms with E-state index in [1.807, 2.05) is 24.7 Å². The molecule has 30 heavy (non-hydrogen) atoms. The van der Waals surface area contributed by atoms with E-state index in [4.69, 9.17) is 4.74 Å². The van der Waals surface area contributed by atoms with Crippen molar-refractivity contribution in [1.82, 2.24) is 25.3 Å². The molecule has 0 saturated carbocycles. The number of rotatable bonds is 6. The molecule has 0 aliphatic carbocycles. The summed E-state index contributed by atoms with van der Waals surface area (Å²) in [6, 6.07) is 10.4. The van der Waals surface area contributed by atoms with E-state index in [1.165, 1.54) is 5.56 Å². The number of aliphatic imine (C=N–C) groups is 1. The van der Waals surface area contributed by atoms with Crippen molar-refractivity contribution in [3.63, 3.8) is 0 Å². The minimum Gasteiger partial charge on any atom is -0.379 e. The number of benzene rings is 1. The fourth-order valence-electron chi connectivity index (χ4n) is 3.72. The van der Waals surface area contributed by atoms with Gasteiger partial charge in [0.1, 0.15) is 0 Å². The molecule has 2 N–H and O–H groups in total. The molecule has 0 amide bonds. The van der Waals surface area contributed by atoms with E-state index in [2.05, 4.69) is 70.7 Å². The summed E-state index contributed by atoms with van der Waals surface area (Å²) >= 11 is 0. The van der Waals surface area contributed by atoms with Gasteiger partial charge in [-0.25, -0.2) is 4.68 Å². The molecule has 0 bridgehead atoms. The van der Waals surface area contributed by atoms with Gasteiger partial charge in [0, 0.05) is 44.5 Å². The topological polar surface area (TPSA) is 66.7 Å². The van der Waals surface area contributed by atoms with Gasteiger partial charge in [-0.2, -0.15) is 5.10 Å². The highest BCUT2D eigenvalue weighted by Crippen LogP contribution is 2.17. The van der Waals surface area contributed by atoms with E-state index in [0.717, 1.165) is 55.9 Å². The number of para-hydroxylation sites is 1. The average Bonchev–Trinajstić information content (AvgIpc) is 3.07. The fourth-order valence-corrected chi connectivity index (χ4v) is 3.72. The summed E-state index contributed by atoms with van der Waals surface area (Å²) < 4.78 is 7.49. The van der Waals surface area contributed by atoms with Crippen LogP contribution in [-0.4, -0.2) is 66.1 Å². The van der Waals surface area contributed by atoms with Crippen LogP contribution in [0.3, 0.4) is 0 Å². The molecule has 0 spiro atoms. The minimum atomic E-state index is 0. The van der Waals surface area contributed by atoms with Crippen molar-refractivity contribution in [2.75, 3.05) is 39.9 Å². The number of nitrogens with one attached hydrogen (secondary N) is 2. The van der Waals surface area contributed by atoms with Crippen molar-refractivity contribution in [1.29, 1.82) is 0 Å². The molecule has 0 unspecified atom stereocenters. The van der Waals surface area contributed by atoms with Crippen molar-refractivity contribution in [2.24, 2.45) is 4.99 Å². The molecule has 1 saturated heterocycles. The first-order valence-electron chi connectivity index (χ1n) is 10.3. The van der Waals surface area contributed by atoms with E-state index in [1.54, 1.807) is 0 Å². The summed E-state index contributed by atoms with van der Waals surface area (Å²) in [5.41, 5.74) is 4.45. The molecular weight excluding hydrogens is 491 g/mol. The largest absolute Gasteiger partial charge is 0.379 e. The maximum atomic E-state index is 5.48. The van der Waals surface area contributed by atoms with Crippen LogP contribution in [0.25, 0.3) is 5.69 Å². The molecule has 1 aliphatic rings. The lowest BCUT2D eigenvalue weighted by Crippen LogP contribution is -2.56. The lowest BCUT2D eigenvalue weighted by atomic mass is 10.0. The van der Waals surface area contributed by atoms with Crippen LogP contribution in [0, 0.1) is 13.8 Å². The number of morpholine rings is 1. The molecule has 166 valence electrons. The van der Waals surface area contributed by atoms with Crippen LogP contribution >= 0.6 is 24.0 Å². The first-order valence-corrected chi connectivity index (χ1v) is 10.3. The Labute approximate surface area is 197 Å². The maximum absolute atomic E-state index is 5.48. The van der Waals surface area contributed by atoms with Gasteiger partial charge in [0.05, 0.1) is 24.6 Å². The summed E-state index contributed by atoms with van der Waals surface area (Å²) in [5.74, 6) is 0.800. The third-order valence-corrected chi connectivity index (χ3v) is 5.45. The molecule has 1 aliphatic heterocycles. The molecular formula is C22H35IN6O. The number of ether oxygens (including phenoxy) is 1. The number of aryl methyl sites for hydroxylation is 2. The molecule has 8 heteroatoms. The summed E-state index contributed by atoms with van der Waals surface area (Å²) in [5, 5.41) is 11.6. The van der Waals surface area contributed by atoms with E-state index in [9.17, 15) is 0 Å². The third kappa shape index (κ3) is 6.18. The Morgan fingerprint density at radius 1 is 1.17 bits per heavy atom. The normalized spacial score (nSPS) is 15.6. The zero-order chi connectivity index (χ0) is 20.9. The van der Waals surface area contributed by atoms with Gasteiger partial charge in [0.25, 0.3) is 0 Å². The Balaban J connectivity index is 0.00000320. The number of guanidine groups is 1. The van der Waals surface area contributed by atoms with Crippen LogP contribution in [0.1, 0.15) is 30.8 Å². The van der Waals surface area contributed by atoms with Crippen molar-refractivity contribution in [3.05, 3.63) is 47.3 Å². The van der Waals surface area contributed by atoms with Gasteiger partial charge < -0.3 is 15.4 Å². The number of hydrogen-bond acceptors (Lipinski definition) is 4. The average molecular weight is 526 g/mol. The van der Waals surface area contributed by atoms with Gasteiger partial charge in [0.15, 0.2) is 5.96 Å². The van der Waals surface area contributed by atoms with E-state index in [-0.39, 0.29) is 29.5 Å². The molecule has 1 aromatic heterocycles. The second-order valence-corrected chi connectivity index (χ2v) is 8.16. The van der Waals surface area contributed by atoms with Gasteiger partial charge >= 0.3 is 0 Å². The minimum absolute atomic E-state index is 0. The van der Waals surface area contributed by atoms with Crippen LogP contribution in [0.2, 0.25) is 0 Å². The lowest BCUT2D eigenvalue weighted by molar-refractivity contribution is -0.00834. The Bertz CT molecular complexity index is 842. The van der Waals surface area contributed by atoms with Gasteiger partial charge in [-0.05, 0) is 45.4 Å². The third-order valence-electron chi connectivity index (χ3n) is 5.45. The quantitative estimate of drug-likeness (QED) is 0.345. The molecule has 0 atom stereocenters. The van der Waals surface area contributed by atoms with E-state index < -0.39 is 0 Å². The predicted molar refractivity (Wildman–Crippen MR) is 133 cm³/mol. The first kappa shape index (κ1) is 24.6. The van der Waals surface area contributed by atoms with Gasteiger partial charge in [-0.15, -0.1) is 24.0 Å². The van der Waals surface area contributed by atoms with Crippen molar-refractivity contribution in [3.8, 4) is 5.69 Å². The smallest absolute Gasteiger partial charge is 0.191 e. The lowest BCUT2D eigenvalue weighted by Gasteiger charge is -2.41. The fraction of sp³-hybridized carbons (Fsp3) is 0.545. The number of aromatic nitrogens is 2. The van der Waals surface area contributed by atoms with Gasteiger partial charge in [-0.1, -0.05) is 18.2 Å².